The number of ether oxygens (including phenoxy) is 2. The van der Waals surface area contributed by atoms with Gasteiger partial charge in [-0.05, 0) is 48.9 Å². The molecule has 1 aromatic carbocycles. The predicted molar refractivity (Wildman–Crippen MR) is 104 cm³/mol. The first-order chi connectivity index (χ1) is 13.5. The lowest BCUT2D eigenvalue weighted by molar-refractivity contribution is 0.0729. The first-order valence-electron chi connectivity index (χ1n) is 8.65. The monoisotopic (exact) mass is 415 g/mol. The minimum absolute atomic E-state index is 0.0640. The molecule has 0 bridgehead atoms. The Hall–Kier alpha value is -2.70. The number of nitrogens with zero attached hydrogens (tertiary/aromatic N) is 3. The zero-order chi connectivity index (χ0) is 19.7. The van der Waals surface area contributed by atoms with Crippen LogP contribution in [0.25, 0.3) is 0 Å². The fourth-order valence-corrected chi connectivity index (χ4v) is 3.11. The molecule has 142 valence electrons. The van der Waals surface area contributed by atoms with Crippen molar-refractivity contribution in [3.05, 3.63) is 69.6 Å². The van der Waals surface area contributed by atoms with E-state index >= 15 is 0 Å². The van der Waals surface area contributed by atoms with E-state index in [0.717, 1.165) is 24.0 Å². The van der Waals surface area contributed by atoms with Gasteiger partial charge in [0.2, 0.25) is 0 Å². The molecular formula is C20H15Cl2N3O3. The molecule has 0 spiro atoms. The van der Waals surface area contributed by atoms with Gasteiger partial charge in [0.05, 0.1) is 5.56 Å². The van der Waals surface area contributed by atoms with Crippen LogP contribution in [0.5, 0.6) is 17.4 Å². The molecule has 0 N–H and O–H groups in total. The highest BCUT2D eigenvalue weighted by molar-refractivity contribution is 6.30. The molecule has 2 aromatic heterocycles. The van der Waals surface area contributed by atoms with Crippen LogP contribution in [0.1, 0.15) is 40.2 Å². The lowest BCUT2D eigenvalue weighted by atomic mass is 10.1. The minimum Gasteiger partial charge on any atom is -0.434 e. The molecule has 1 aliphatic rings. The van der Waals surface area contributed by atoms with Gasteiger partial charge in [0.15, 0.2) is 10.9 Å². The van der Waals surface area contributed by atoms with Gasteiger partial charge in [-0.15, -0.1) is 10.2 Å². The molecule has 28 heavy (non-hydrogen) atoms. The van der Waals surface area contributed by atoms with E-state index < -0.39 is 5.97 Å². The van der Waals surface area contributed by atoms with Gasteiger partial charge in [0.25, 0.3) is 5.88 Å². The van der Waals surface area contributed by atoms with Crippen LogP contribution < -0.4 is 9.47 Å². The van der Waals surface area contributed by atoms with E-state index in [4.69, 9.17) is 32.7 Å². The first-order valence-corrected chi connectivity index (χ1v) is 9.41. The van der Waals surface area contributed by atoms with Gasteiger partial charge < -0.3 is 9.47 Å². The zero-order valence-electron chi connectivity index (χ0n) is 14.9. The van der Waals surface area contributed by atoms with Crippen LogP contribution in [0, 0.1) is 6.92 Å². The summed E-state index contributed by atoms with van der Waals surface area (Å²) in [4.78, 5) is 16.3. The summed E-state index contributed by atoms with van der Waals surface area (Å²) < 4.78 is 11.5. The number of carbonyl (C=O) groups is 1. The summed E-state index contributed by atoms with van der Waals surface area (Å²) in [5.74, 6) is 0.674. The molecule has 0 unspecified atom stereocenters. The summed E-state index contributed by atoms with van der Waals surface area (Å²) in [5.41, 5.74) is 2.31. The largest absolute Gasteiger partial charge is 0.434 e. The third kappa shape index (κ3) is 4.08. The number of carbonyl (C=O) groups excluding carboxylic acids is 1. The van der Waals surface area contributed by atoms with Gasteiger partial charge in [0.1, 0.15) is 10.9 Å². The molecule has 6 nitrogen and oxygen atoms in total. The van der Waals surface area contributed by atoms with Gasteiger partial charge in [-0.25, -0.2) is 9.78 Å². The Kier molecular flexibility index (Phi) is 5.15. The highest BCUT2D eigenvalue weighted by atomic mass is 35.5. The Labute approximate surface area is 171 Å². The maximum atomic E-state index is 12.5. The Morgan fingerprint density at radius 1 is 1.11 bits per heavy atom. The third-order valence-electron chi connectivity index (χ3n) is 4.32. The molecule has 1 fully saturated rings. The van der Waals surface area contributed by atoms with Crippen molar-refractivity contribution in [3.63, 3.8) is 0 Å². The Morgan fingerprint density at radius 3 is 2.68 bits per heavy atom. The smallest absolute Gasteiger partial charge is 0.343 e. The summed E-state index contributed by atoms with van der Waals surface area (Å²) in [7, 11) is 0. The molecule has 8 heteroatoms. The average molecular weight is 416 g/mol. The predicted octanol–water partition coefficient (Wildman–Crippen LogP) is 5.38. The highest BCUT2D eigenvalue weighted by Crippen LogP contribution is 2.46. The molecule has 0 amide bonds. The average Bonchev–Trinajstić information content (AvgIpc) is 3.50. The van der Waals surface area contributed by atoms with Crippen molar-refractivity contribution in [2.45, 2.75) is 25.7 Å². The van der Waals surface area contributed by atoms with E-state index in [1.807, 2.05) is 25.1 Å². The van der Waals surface area contributed by atoms with Crippen molar-refractivity contribution in [2.24, 2.45) is 0 Å². The van der Waals surface area contributed by atoms with Gasteiger partial charge in [-0.1, -0.05) is 41.4 Å². The molecule has 0 aliphatic heterocycles. The molecule has 1 aliphatic carbocycles. The lowest BCUT2D eigenvalue weighted by Crippen LogP contribution is -2.10. The fraction of sp³-hybridized carbons (Fsp3) is 0.200. The number of aromatic nitrogens is 3. The number of rotatable bonds is 5. The quantitative estimate of drug-likeness (QED) is 0.411. The van der Waals surface area contributed by atoms with Crippen molar-refractivity contribution < 1.29 is 14.3 Å². The van der Waals surface area contributed by atoms with Crippen molar-refractivity contribution in [3.8, 4) is 17.4 Å². The van der Waals surface area contributed by atoms with Crippen molar-refractivity contribution in [1.29, 1.82) is 0 Å². The van der Waals surface area contributed by atoms with Crippen LogP contribution in [0.2, 0.25) is 10.3 Å². The summed E-state index contributed by atoms with van der Waals surface area (Å²) in [6, 6.07) is 10.3. The van der Waals surface area contributed by atoms with Gasteiger partial charge in [0, 0.05) is 12.3 Å². The Morgan fingerprint density at radius 2 is 1.93 bits per heavy atom. The molecule has 0 radical (unpaired) electrons. The second kappa shape index (κ2) is 7.73. The maximum Gasteiger partial charge on any atom is 0.343 e. The zero-order valence-corrected chi connectivity index (χ0v) is 16.4. The maximum absolute atomic E-state index is 12.5. The normalized spacial score (nSPS) is 13.2. The van der Waals surface area contributed by atoms with Crippen LogP contribution in [0.15, 0.2) is 42.6 Å². The number of benzene rings is 1. The van der Waals surface area contributed by atoms with E-state index in [0.29, 0.717) is 11.7 Å². The third-order valence-corrected chi connectivity index (χ3v) is 4.71. The van der Waals surface area contributed by atoms with Crippen molar-refractivity contribution in [1.82, 2.24) is 15.2 Å². The molecule has 3 aromatic rings. The van der Waals surface area contributed by atoms with E-state index in [1.165, 1.54) is 24.4 Å². The number of para-hydroxylation sites is 1. The summed E-state index contributed by atoms with van der Waals surface area (Å²) in [5, 5.41) is 8.06. The fourth-order valence-electron chi connectivity index (χ4n) is 2.80. The van der Waals surface area contributed by atoms with Crippen LogP contribution in [-0.2, 0) is 0 Å². The van der Waals surface area contributed by atoms with Gasteiger partial charge >= 0.3 is 5.97 Å². The number of pyridine rings is 1. The summed E-state index contributed by atoms with van der Waals surface area (Å²) in [6.45, 7) is 1.95. The van der Waals surface area contributed by atoms with E-state index in [-0.39, 0.29) is 27.5 Å². The summed E-state index contributed by atoms with van der Waals surface area (Å²) in [6.07, 6.45) is 3.66. The van der Waals surface area contributed by atoms with Crippen LogP contribution >= 0.6 is 23.2 Å². The molecular weight excluding hydrogens is 401 g/mol. The molecule has 1 saturated carbocycles. The highest BCUT2D eigenvalue weighted by Gasteiger charge is 2.28. The second-order valence-electron chi connectivity index (χ2n) is 6.46. The second-order valence-corrected chi connectivity index (χ2v) is 7.24. The van der Waals surface area contributed by atoms with Gasteiger partial charge in [-0.2, -0.15) is 0 Å². The van der Waals surface area contributed by atoms with Crippen molar-refractivity contribution >= 4 is 29.2 Å². The standard InChI is InChI=1S/C20H15Cl2N3O3/c1-11-3-2-4-14(12-5-6-12)18(11)28-19-15(10-17(22)24-25-19)27-20(26)13-7-8-23-16(21)9-13/h2-4,7-10,12H,5-6H2,1H3. The number of aryl methyl sites for hydroxylation is 1. The molecule has 0 saturated heterocycles. The first kappa shape index (κ1) is 18.7. The lowest BCUT2D eigenvalue weighted by Gasteiger charge is -2.14. The molecule has 0 atom stereocenters. The SMILES string of the molecule is Cc1cccc(C2CC2)c1Oc1nnc(Cl)cc1OC(=O)c1ccnc(Cl)c1. The van der Waals surface area contributed by atoms with Crippen LogP contribution in [-0.4, -0.2) is 21.2 Å². The van der Waals surface area contributed by atoms with E-state index in [9.17, 15) is 4.79 Å². The minimum atomic E-state index is -0.634. The Balaban J connectivity index is 1.65. The van der Waals surface area contributed by atoms with Crippen molar-refractivity contribution in [2.75, 3.05) is 0 Å². The van der Waals surface area contributed by atoms with Crippen LogP contribution in [0.4, 0.5) is 0 Å². The van der Waals surface area contributed by atoms with Crippen LogP contribution in [0.3, 0.4) is 0 Å². The summed E-state index contributed by atoms with van der Waals surface area (Å²) >= 11 is 11.8. The van der Waals surface area contributed by atoms with E-state index in [2.05, 4.69) is 15.2 Å². The number of hydrogen-bond acceptors (Lipinski definition) is 6. The molecule has 4 rings (SSSR count). The Bertz CT molecular complexity index is 1050. The van der Waals surface area contributed by atoms with Gasteiger partial charge in [-0.3, -0.25) is 0 Å². The molecule has 2 heterocycles. The number of esters is 1. The topological polar surface area (TPSA) is 74.2 Å². The number of hydrogen-bond donors (Lipinski definition) is 0. The van der Waals surface area contributed by atoms with E-state index in [1.54, 1.807) is 0 Å². The number of halogens is 2.